The van der Waals surface area contributed by atoms with E-state index in [1.807, 2.05) is 7.05 Å². The van der Waals surface area contributed by atoms with Crippen LogP contribution in [0.3, 0.4) is 0 Å². The average molecular weight is 236 g/mol. The molecule has 0 unspecified atom stereocenters. The molecule has 2 N–H and O–H groups in total. The zero-order valence-corrected chi connectivity index (χ0v) is 10.3. The molecular weight excluding hydrogens is 216 g/mol. The lowest BCUT2D eigenvalue weighted by atomic mass is 9.95. The molecule has 0 spiro atoms. The molecule has 1 aromatic heterocycles. The Balaban J connectivity index is 1.69. The normalized spacial score (nSPS) is 17.0. The summed E-state index contributed by atoms with van der Waals surface area (Å²) in [4.78, 5) is 11.7. The van der Waals surface area contributed by atoms with Gasteiger partial charge in [-0.1, -0.05) is 0 Å². The van der Waals surface area contributed by atoms with Crippen LogP contribution in [-0.2, 0) is 7.05 Å². The van der Waals surface area contributed by atoms with E-state index in [2.05, 4.69) is 15.7 Å². The number of nitrogens with one attached hydrogen (secondary N) is 2. The van der Waals surface area contributed by atoms with Gasteiger partial charge in [0.1, 0.15) is 5.69 Å². The lowest BCUT2D eigenvalue weighted by molar-refractivity contribution is 0.0945. The highest BCUT2D eigenvalue weighted by Gasteiger charge is 2.13. The quantitative estimate of drug-likeness (QED) is 0.802. The lowest BCUT2D eigenvalue weighted by Gasteiger charge is -2.22. The van der Waals surface area contributed by atoms with Crippen LogP contribution in [-0.4, -0.2) is 35.3 Å². The van der Waals surface area contributed by atoms with Gasteiger partial charge in [0.25, 0.3) is 5.91 Å². The van der Waals surface area contributed by atoms with Crippen molar-refractivity contribution in [2.24, 2.45) is 13.0 Å². The van der Waals surface area contributed by atoms with Crippen molar-refractivity contribution >= 4 is 5.91 Å². The third-order valence-electron chi connectivity index (χ3n) is 3.24. The Morgan fingerprint density at radius 1 is 1.59 bits per heavy atom. The van der Waals surface area contributed by atoms with Crippen molar-refractivity contribution in [3.63, 3.8) is 0 Å². The zero-order chi connectivity index (χ0) is 12.1. The number of aromatic nitrogens is 2. The van der Waals surface area contributed by atoms with Crippen LogP contribution in [0.1, 0.15) is 29.8 Å². The monoisotopic (exact) mass is 236 g/mol. The van der Waals surface area contributed by atoms with E-state index in [-0.39, 0.29) is 5.91 Å². The third-order valence-corrected chi connectivity index (χ3v) is 3.24. The number of carbonyl (C=O) groups is 1. The van der Waals surface area contributed by atoms with Gasteiger partial charge in [-0.05, 0) is 44.3 Å². The Morgan fingerprint density at radius 2 is 2.35 bits per heavy atom. The van der Waals surface area contributed by atoms with Crippen LogP contribution in [0, 0.1) is 5.92 Å². The Labute approximate surface area is 102 Å². The number of rotatable bonds is 4. The Morgan fingerprint density at radius 3 is 3.00 bits per heavy atom. The predicted octanol–water partition coefficient (Wildman–Crippen LogP) is 0.540. The van der Waals surface area contributed by atoms with Crippen LogP contribution in [0.4, 0.5) is 0 Å². The molecule has 1 fully saturated rings. The van der Waals surface area contributed by atoms with Crippen molar-refractivity contribution in [3.05, 3.63) is 18.0 Å². The summed E-state index contributed by atoms with van der Waals surface area (Å²) in [6.45, 7) is 2.97. The minimum atomic E-state index is -0.0699. The second kappa shape index (κ2) is 5.82. The summed E-state index contributed by atoms with van der Waals surface area (Å²) < 4.78 is 1.64. The van der Waals surface area contributed by atoms with Crippen molar-refractivity contribution < 1.29 is 4.79 Å². The first-order valence-electron chi connectivity index (χ1n) is 6.24. The van der Waals surface area contributed by atoms with Crippen LogP contribution < -0.4 is 10.6 Å². The van der Waals surface area contributed by atoms with Gasteiger partial charge in [0.15, 0.2) is 0 Å². The van der Waals surface area contributed by atoms with E-state index in [0.29, 0.717) is 5.69 Å². The smallest absolute Gasteiger partial charge is 0.271 e. The fraction of sp³-hybridized carbons (Fsp3) is 0.667. The van der Waals surface area contributed by atoms with E-state index in [1.165, 1.54) is 12.8 Å². The van der Waals surface area contributed by atoms with Crippen LogP contribution in [0.25, 0.3) is 0 Å². The molecular formula is C12H20N4O. The van der Waals surface area contributed by atoms with Gasteiger partial charge in [0.2, 0.25) is 0 Å². The molecule has 5 heteroatoms. The van der Waals surface area contributed by atoms with Gasteiger partial charge in [-0.15, -0.1) is 0 Å². The maximum Gasteiger partial charge on any atom is 0.271 e. The Hall–Kier alpha value is -1.36. The van der Waals surface area contributed by atoms with Gasteiger partial charge in [0, 0.05) is 19.8 Å². The second-order valence-corrected chi connectivity index (χ2v) is 4.61. The van der Waals surface area contributed by atoms with Gasteiger partial charge < -0.3 is 10.6 Å². The molecule has 1 saturated heterocycles. The number of piperidine rings is 1. The molecule has 5 nitrogen and oxygen atoms in total. The highest BCUT2D eigenvalue weighted by molar-refractivity contribution is 5.92. The van der Waals surface area contributed by atoms with Crippen molar-refractivity contribution in [2.75, 3.05) is 19.6 Å². The first kappa shape index (κ1) is 12.1. The molecule has 1 aromatic rings. The maximum absolute atomic E-state index is 11.7. The zero-order valence-electron chi connectivity index (χ0n) is 10.3. The third kappa shape index (κ3) is 3.56. The summed E-state index contributed by atoms with van der Waals surface area (Å²) in [5, 5.41) is 10.3. The van der Waals surface area contributed by atoms with Crippen LogP contribution in [0.5, 0.6) is 0 Å². The highest BCUT2D eigenvalue weighted by atomic mass is 16.1. The molecule has 0 aromatic carbocycles. The molecule has 94 valence electrons. The molecule has 0 bridgehead atoms. The molecule has 1 aliphatic heterocycles. The van der Waals surface area contributed by atoms with Crippen molar-refractivity contribution in [1.82, 2.24) is 20.4 Å². The van der Waals surface area contributed by atoms with E-state index >= 15 is 0 Å². The average Bonchev–Trinajstić information content (AvgIpc) is 2.77. The van der Waals surface area contributed by atoms with Crippen molar-refractivity contribution in [3.8, 4) is 0 Å². The number of hydrogen-bond acceptors (Lipinski definition) is 3. The second-order valence-electron chi connectivity index (χ2n) is 4.61. The number of carbonyl (C=O) groups excluding carboxylic acids is 1. The largest absolute Gasteiger partial charge is 0.351 e. The molecule has 0 atom stereocenters. The minimum Gasteiger partial charge on any atom is -0.351 e. The maximum atomic E-state index is 11.7. The van der Waals surface area contributed by atoms with Crippen molar-refractivity contribution in [1.29, 1.82) is 0 Å². The van der Waals surface area contributed by atoms with E-state index in [9.17, 15) is 4.79 Å². The van der Waals surface area contributed by atoms with E-state index in [1.54, 1.807) is 16.9 Å². The summed E-state index contributed by atoms with van der Waals surface area (Å²) in [6.07, 6.45) is 5.29. The molecule has 0 radical (unpaired) electrons. The molecule has 2 heterocycles. The van der Waals surface area contributed by atoms with Gasteiger partial charge in [-0.3, -0.25) is 9.48 Å². The standard InChI is InChI=1S/C12H20N4O/c1-16-9-5-11(15-16)12(17)14-8-4-10-2-6-13-7-3-10/h5,9-10,13H,2-4,6-8H2,1H3,(H,14,17). The van der Waals surface area contributed by atoms with E-state index in [4.69, 9.17) is 0 Å². The summed E-state index contributed by atoms with van der Waals surface area (Å²) >= 11 is 0. The van der Waals surface area contributed by atoms with Crippen LogP contribution in [0.15, 0.2) is 12.3 Å². The summed E-state index contributed by atoms with van der Waals surface area (Å²) in [5.74, 6) is 0.680. The topological polar surface area (TPSA) is 59.0 Å². The minimum absolute atomic E-state index is 0.0699. The molecule has 2 rings (SSSR count). The van der Waals surface area contributed by atoms with Gasteiger partial charge in [-0.25, -0.2) is 0 Å². The Kier molecular flexibility index (Phi) is 4.14. The number of hydrogen-bond donors (Lipinski definition) is 2. The highest BCUT2D eigenvalue weighted by Crippen LogP contribution is 2.14. The van der Waals surface area contributed by atoms with E-state index < -0.39 is 0 Å². The number of nitrogens with zero attached hydrogens (tertiary/aromatic N) is 2. The predicted molar refractivity (Wildman–Crippen MR) is 65.8 cm³/mol. The molecule has 17 heavy (non-hydrogen) atoms. The van der Waals surface area contributed by atoms with Gasteiger partial charge in [0.05, 0.1) is 0 Å². The van der Waals surface area contributed by atoms with Gasteiger partial charge >= 0.3 is 0 Å². The number of aryl methyl sites for hydroxylation is 1. The van der Waals surface area contributed by atoms with Crippen LogP contribution >= 0.6 is 0 Å². The number of amides is 1. The SMILES string of the molecule is Cn1ccc(C(=O)NCCC2CCNCC2)n1. The fourth-order valence-corrected chi connectivity index (χ4v) is 2.19. The van der Waals surface area contributed by atoms with E-state index in [0.717, 1.165) is 32.0 Å². The summed E-state index contributed by atoms with van der Waals surface area (Å²) in [7, 11) is 1.81. The lowest BCUT2D eigenvalue weighted by Crippen LogP contribution is -2.31. The summed E-state index contributed by atoms with van der Waals surface area (Å²) in [5.41, 5.74) is 0.498. The molecule has 1 amide bonds. The molecule has 0 aliphatic carbocycles. The summed E-state index contributed by atoms with van der Waals surface area (Å²) in [6, 6.07) is 1.74. The Bertz CT molecular complexity index is 368. The first-order chi connectivity index (χ1) is 8.25. The molecule has 0 saturated carbocycles. The van der Waals surface area contributed by atoms with Crippen molar-refractivity contribution in [2.45, 2.75) is 19.3 Å². The molecule has 1 aliphatic rings. The van der Waals surface area contributed by atoms with Crippen LogP contribution in [0.2, 0.25) is 0 Å². The fourth-order valence-electron chi connectivity index (χ4n) is 2.19. The first-order valence-corrected chi connectivity index (χ1v) is 6.24. The van der Waals surface area contributed by atoms with Gasteiger partial charge in [-0.2, -0.15) is 5.10 Å².